The minimum atomic E-state index is -4.32. The molecule has 0 atom stereocenters. The maximum atomic E-state index is 11.0. The van der Waals surface area contributed by atoms with E-state index in [0.29, 0.717) is 0 Å². The summed E-state index contributed by atoms with van der Waals surface area (Å²) >= 11 is 0. The molecule has 0 bridgehead atoms. The summed E-state index contributed by atoms with van der Waals surface area (Å²) in [5, 5.41) is 17.7. The SMILES string of the molecule is O=S(=O)(O)CCCOc1cccc(O)c1/N=N/c1ccc(S(=O)(=O)O)cc1. The van der Waals surface area contributed by atoms with Crippen LogP contribution in [0.5, 0.6) is 11.5 Å². The second kappa shape index (κ2) is 8.43. The molecule has 0 aliphatic carbocycles. The summed E-state index contributed by atoms with van der Waals surface area (Å²) < 4.78 is 66.3. The third-order valence-corrected chi connectivity index (χ3v) is 4.85. The van der Waals surface area contributed by atoms with Crippen LogP contribution in [0.2, 0.25) is 0 Å². The van der Waals surface area contributed by atoms with Gasteiger partial charge in [0.25, 0.3) is 20.2 Å². The van der Waals surface area contributed by atoms with Crippen LogP contribution in [0.4, 0.5) is 11.4 Å². The molecule has 0 saturated heterocycles. The van der Waals surface area contributed by atoms with Gasteiger partial charge in [0.15, 0.2) is 11.4 Å². The van der Waals surface area contributed by atoms with E-state index in [1.54, 1.807) is 0 Å². The maximum Gasteiger partial charge on any atom is 0.294 e. The van der Waals surface area contributed by atoms with Crippen LogP contribution in [0, 0.1) is 0 Å². The van der Waals surface area contributed by atoms with Gasteiger partial charge >= 0.3 is 0 Å². The van der Waals surface area contributed by atoms with Crippen molar-refractivity contribution in [2.24, 2.45) is 10.2 Å². The monoisotopic (exact) mass is 416 g/mol. The fourth-order valence-corrected chi connectivity index (χ4v) is 2.91. The van der Waals surface area contributed by atoms with E-state index < -0.39 is 26.0 Å². The van der Waals surface area contributed by atoms with Crippen LogP contribution in [0.25, 0.3) is 0 Å². The molecule has 27 heavy (non-hydrogen) atoms. The van der Waals surface area contributed by atoms with Crippen molar-refractivity contribution in [2.45, 2.75) is 11.3 Å². The molecule has 2 aromatic carbocycles. The summed E-state index contributed by atoms with van der Waals surface area (Å²) in [6.07, 6.45) is 0.0299. The van der Waals surface area contributed by atoms with E-state index in [-0.39, 0.29) is 40.8 Å². The number of aromatic hydroxyl groups is 1. The zero-order chi connectivity index (χ0) is 20.1. The fraction of sp³-hybridized carbons (Fsp3) is 0.200. The van der Waals surface area contributed by atoms with E-state index in [4.69, 9.17) is 13.8 Å². The second-order valence-corrected chi connectivity index (χ2v) is 8.27. The van der Waals surface area contributed by atoms with Gasteiger partial charge in [-0.05, 0) is 42.8 Å². The number of azo groups is 1. The Labute approximate surface area is 155 Å². The number of benzene rings is 2. The molecule has 2 aromatic rings. The van der Waals surface area contributed by atoms with Gasteiger partial charge < -0.3 is 9.84 Å². The van der Waals surface area contributed by atoms with Gasteiger partial charge in [-0.2, -0.15) is 21.9 Å². The summed E-state index contributed by atoms with van der Waals surface area (Å²) in [5.41, 5.74) is 0.242. The van der Waals surface area contributed by atoms with Crippen LogP contribution in [0.15, 0.2) is 57.6 Å². The highest BCUT2D eigenvalue weighted by atomic mass is 32.2. The number of phenols is 1. The Kier molecular flexibility index (Phi) is 6.49. The first-order valence-electron chi connectivity index (χ1n) is 7.45. The highest BCUT2D eigenvalue weighted by molar-refractivity contribution is 7.86. The molecule has 0 unspecified atom stereocenters. The normalized spacial score (nSPS) is 12.4. The van der Waals surface area contributed by atoms with Crippen molar-refractivity contribution in [1.29, 1.82) is 0 Å². The molecule has 0 heterocycles. The average molecular weight is 416 g/mol. The standard InChI is InChI=1S/C15H16N2O8S2/c18-13-3-1-4-14(25-9-2-10-26(19,20)21)15(13)17-16-11-5-7-12(8-6-11)27(22,23)24/h1,3-8,18H,2,9-10H2,(H,19,20,21)(H,22,23,24)/b17-16+. The van der Waals surface area contributed by atoms with Crippen molar-refractivity contribution in [2.75, 3.05) is 12.4 Å². The molecule has 0 spiro atoms. The van der Waals surface area contributed by atoms with Gasteiger partial charge in [0, 0.05) is 0 Å². The molecule has 0 aliphatic rings. The Morgan fingerprint density at radius 2 is 1.59 bits per heavy atom. The summed E-state index contributed by atoms with van der Waals surface area (Å²) in [6.45, 7) is -0.0468. The highest BCUT2D eigenvalue weighted by Crippen LogP contribution is 2.37. The van der Waals surface area contributed by atoms with E-state index in [0.717, 1.165) is 12.1 Å². The largest absolute Gasteiger partial charge is 0.505 e. The van der Waals surface area contributed by atoms with Crippen LogP contribution in [0.1, 0.15) is 6.42 Å². The highest BCUT2D eigenvalue weighted by Gasteiger charge is 2.11. The quantitative estimate of drug-likeness (QED) is 0.336. The van der Waals surface area contributed by atoms with E-state index in [1.807, 2.05) is 0 Å². The smallest absolute Gasteiger partial charge is 0.294 e. The van der Waals surface area contributed by atoms with Crippen LogP contribution < -0.4 is 4.74 Å². The molecule has 0 radical (unpaired) electrons. The molecular weight excluding hydrogens is 400 g/mol. The Hall–Kier alpha value is -2.54. The van der Waals surface area contributed by atoms with E-state index in [1.165, 1.54) is 30.3 Å². The zero-order valence-electron chi connectivity index (χ0n) is 13.8. The van der Waals surface area contributed by atoms with Gasteiger partial charge in [-0.25, -0.2) is 0 Å². The molecule has 12 heteroatoms. The first kappa shape index (κ1) is 20.8. The maximum absolute atomic E-state index is 11.0. The third kappa shape index (κ3) is 6.60. The van der Waals surface area contributed by atoms with Crippen LogP contribution in [-0.4, -0.2) is 43.4 Å². The molecule has 0 aromatic heterocycles. The Balaban J connectivity index is 2.14. The summed E-state index contributed by atoms with van der Waals surface area (Å²) in [6, 6.07) is 9.22. The summed E-state index contributed by atoms with van der Waals surface area (Å²) in [4.78, 5) is -0.299. The molecule has 2 rings (SSSR count). The van der Waals surface area contributed by atoms with Crippen molar-refractivity contribution in [3.63, 3.8) is 0 Å². The fourth-order valence-electron chi connectivity index (χ4n) is 1.94. The topological polar surface area (TPSA) is 163 Å². The first-order valence-corrected chi connectivity index (χ1v) is 10.5. The number of phenolic OH excluding ortho intramolecular Hbond substituents is 1. The molecule has 146 valence electrons. The lowest BCUT2D eigenvalue weighted by Gasteiger charge is -2.09. The number of nitrogens with zero attached hydrogens (tertiary/aromatic N) is 2. The second-order valence-electron chi connectivity index (χ2n) is 5.28. The first-order chi connectivity index (χ1) is 12.6. The third-order valence-electron chi connectivity index (χ3n) is 3.18. The number of ether oxygens (including phenoxy) is 1. The molecular formula is C15H16N2O8S2. The molecule has 0 saturated carbocycles. The van der Waals surface area contributed by atoms with Gasteiger partial charge in [0.1, 0.15) is 5.75 Å². The van der Waals surface area contributed by atoms with Crippen molar-refractivity contribution < 1.29 is 35.8 Å². The molecule has 0 amide bonds. The Bertz CT molecular complexity index is 1030. The number of hydrogen-bond acceptors (Lipinski definition) is 8. The van der Waals surface area contributed by atoms with Crippen molar-refractivity contribution in [3.8, 4) is 11.5 Å². The lowest BCUT2D eigenvalue weighted by Crippen LogP contribution is -2.08. The molecule has 10 nitrogen and oxygen atoms in total. The van der Waals surface area contributed by atoms with Crippen LogP contribution in [-0.2, 0) is 20.2 Å². The molecule has 3 N–H and O–H groups in total. The van der Waals surface area contributed by atoms with Crippen LogP contribution in [0.3, 0.4) is 0 Å². The van der Waals surface area contributed by atoms with Crippen LogP contribution >= 0.6 is 0 Å². The van der Waals surface area contributed by atoms with Crippen molar-refractivity contribution >= 4 is 31.6 Å². The predicted octanol–water partition coefficient (Wildman–Crippen LogP) is 2.71. The van der Waals surface area contributed by atoms with E-state index >= 15 is 0 Å². The van der Waals surface area contributed by atoms with E-state index in [9.17, 15) is 21.9 Å². The lowest BCUT2D eigenvalue weighted by molar-refractivity contribution is 0.315. The van der Waals surface area contributed by atoms with Gasteiger partial charge in [-0.15, -0.1) is 5.11 Å². The lowest BCUT2D eigenvalue weighted by atomic mass is 10.3. The van der Waals surface area contributed by atoms with Gasteiger partial charge in [0.05, 0.1) is 22.9 Å². The minimum absolute atomic E-state index is 0.0109. The molecule has 0 aliphatic heterocycles. The predicted molar refractivity (Wildman–Crippen MR) is 95.1 cm³/mol. The van der Waals surface area contributed by atoms with Gasteiger partial charge in [-0.1, -0.05) is 6.07 Å². The number of rotatable bonds is 8. The summed E-state index contributed by atoms with van der Waals surface area (Å²) in [7, 11) is -8.41. The summed E-state index contributed by atoms with van der Waals surface area (Å²) in [5.74, 6) is -0.563. The van der Waals surface area contributed by atoms with Crippen molar-refractivity contribution in [1.82, 2.24) is 0 Å². The number of hydrogen-bond donors (Lipinski definition) is 3. The Morgan fingerprint density at radius 3 is 2.19 bits per heavy atom. The molecule has 0 fully saturated rings. The minimum Gasteiger partial charge on any atom is -0.505 e. The van der Waals surface area contributed by atoms with Gasteiger partial charge in [-0.3, -0.25) is 9.11 Å². The zero-order valence-corrected chi connectivity index (χ0v) is 15.4. The van der Waals surface area contributed by atoms with E-state index in [2.05, 4.69) is 10.2 Å². The Morgan fingerprint density at radius 1 is 0.926 bits per heavy atom. The van der Waals surface area contributed by atoms with Gasteiger partial charge in [0.2, 0.25) is 0 Å². The van der Waals surface area contributed by atoms with Crippen molar-refractivity contribution in [3.05, 3.63) is 42.5 Å². The average Bonchev–Trinajstić information content (AvgIpc) is 2.57.